The molecule has 4 atom stereocenters. The maximum absolute atomic E-state index is 9.94. The number of unbranched alkanes of at least 4 members (excludes halogenated alkanes) is 16. The van der Waals surface area contributed by atoms with Crippen molar-refractivity contribution in [3.63, 3.8) is 0 Å². The van der Waals surface area contributed by atoms with Gasteiger partial charge in [-0.1, -0.05) is 130 Å². The van der Waals surface area contributed by atoms with E-state index in [1.807, 2.05) is 0 Å². The van der Waals surface area contributed by atoms with Crippen molar-refractivity contribution in [2.24, 2.45) is 0 Å². The van der Waals surface area contributed by atoms with E-state index >= 15 is 0 Å². The second-order valence-electron chi connectivity index (χ2n) is 10.1. The Hall–Kier alpha value is 1.29. The van der Waals surface area contributed by atoms with Crippen LogP contribution in [0.2, 0.25) is 0 Å². The Kier molecular flexibility index (Phi) is 64.5. The molecule has 0 amide bonds. The van der Waals surface area contributed by atoms with E-state index in [0.29, 0.717) is 26.4 Å². The topological polar surface area (TPSA) is 197 Å². The summed E-state index contributed by atoms with van der Waals surface area (Å²) in [5.41, 5.74) is 0. The van der Waals surface area contributed by atoms with Crippen LogP contribution in [0.3, 0.4) is 0 Å². The molecule has 0 radical (unpaired) electrons. The van der Waals surface area contributed by atoms with Crippen LogP contribution >= 0.6 is 33.0 Å². The molecule has 12 nitrogen and oxygen atoms in total. The molecule has 0 aromatic rings. The maximum atomic E-state index is 9.94. The minimum absolute atomic E-state index is 0. The molecule has 45 heavy (non-hydrogen) atoms. The van der Waals surface area contributed by atoms with Gasteiger partial charge in [0.15, 0.2) is 0 Å². The summed E-state index contributed by atoms with van der Waals surface area (Å²) in [7, 11) is -11.7. The van der Waals surface area contributed by atoms with E-state index in [1.54, 1.807) is 0 Å². The van der Waals surface area contributed by atoms with Gasteiger partial charge in [-0.2, -0.15) is 0 Å². The van der Waals surface area contributed by atoms with Crippen LogP contribution in [0.25, 0.3) is 0 Å². The second-order valence-corrected chi connectivity index (χ2v) is 13.2. The van der Waals surface area contributed by atoms with Crippen LogP contribution in [0.5, 0.6) is 0 Å². The van der Waals surface area contributed by atoms with Gasteiger partial charge in [0.05, 0.1) is 26.4 Å². The molecular formula is C28H64MoO12P4. The third-order valence-electron chi connectivity index (χ3n) is 5.87. The molecule has 274 valence electrons. The van der Waals surface area contributed by atoms with Gasteiger partial charge in [-0.15, -0.1) is 0 Å². The van der Waals surface area contributed by atoms with Gasteiger partial charge in [0.2, 0.25) is 0 Å². The molecule has 0 saturated carbocycles. The normalized spacial score (nSPS) is 13.0. The third-order valence-corrected chi connectivity index (χ3v) is 7.63. The van der Waals surface area contributed by atoms with Gasteiger partial charge >= 0.3 is 21.1 Å². The number of hydrogen-bond acceptors (Lipinski definition) is 12. The molecule has 0 bridgehead atoms. The van der Waals surface area contributed by atoms with Gasteiger partial charge in [0.25, 0.3) is 0 Å². The minimum atomic E-state index is -2.93. The van der Waals surface area contributed by atoms with Crippen molar-refractivity contribution in [2.75, 3.05) is 26.4 Å². The summed E-state index contributed by atoms with van der Waals surface area (Å²) >= 11 is 0. The van der Waals surface area contributed by atoms with Gasteiger partial charge in [-0.05, 0) is 25.7 Å². The quantitative estimate of drug-likeness (QED) is 0.0451. The van der Waals surface area contributed by atoms with Crippen LogP contribution in [-0.4, -0.2) is 26.4 Å². The van der Waals surface area contributed by atoms with Crippen molar-refractivity contribution in [2.45, 2.75) is 156 Å². The molecule has 0 aliphatic heterocycles. The van der Waals surface area contributed by atoms with Crippen LogP contribution in [-0.2, 0) is 57.4 Å². The Morgan fingerprint density at radius 2 is 0.489 bits per heavy atom. The van der Waals surface area contributed by atoms with Gasteiger partial charge < -0.3 is 55.9 Å². The number of rotatable bonds is 28. The summed E-state index contributed by atoms with van der Waals surface area (Å²) in [6.07, 6.45) is 22.2. The van der Waals surface area contributed by atoms with E-state index in [4.69, 9.17) is 0 Å². The molecule has 0 N–H and O–H groups in total. The van der Waals surface area contributed by atoms with Crippen molar-refractivity contribution in [1.82, 2.24) is 0 Å². The summed E-state index contributed by atoms with van der Waals surface area (Å²) in [6, 6.07) is 0. The summed E-state index contributed by atoms with van der Waals surface area (Å²) < 4.78 is 57.4. The Morgan fingerprint density at radius 3 is 0.622 bits per heavy atom. The zero-order valence-corrected chi connectivity index (χ0v) is 34.3. The van der Waals surface area contributed by atoms with Crippen molar-refractivity contribution in [1.29, 1.82) is 0 Å². The molecule has 0 aromatic heterocycles. The Labute approximate surface area is 291 Å². The SMILES string of the molecule is CCCCCCCO[PH](=O)[O-].CCCCCCCO[PH](=O)[O-].CCCCCCCO[PH](=O)[O-].CCCCCCCO[PH](=O)[O-].[Mo+4]. The van der Waals surface area contributed by atoms with Crippen molar-refractivity contribution in [3.8, 4) is 0 Å². The van der Waals surface area contributed by atoms with Crippen molar-refractivity contribution < 1.29 is 77.0 Å². The molecule has 4 unspecified atom stereocenters. The fourth-order valence-electron chi connectivity index (χ4n) is 3.44. The largest absolute Gasteiger partial charge is 4.00 e. The number of hydrogen-bond donors (Lipinski definition) is 0. The van der Waals surface area contributed by atoms with E-state index in [1.165, 1.54) is 77.0 Å². The summed E-state index contributed by atoms with van der Waals surface area (Å²) in [6.45, 7) is 10.0. The van der Waals surface area contributed by atoms with Crippen LogP contribution in [0.15, 0.2) is 0 Å². The monoisotopic (exact) mass is 814 g/mol. The first-order valence-corrected chi connectivity index (χ1v) is 21.3. The molecule has 0 spiro atoms. The zero-order valence-electron chi connectivity index (χ0n) is 28.3. The maximum Gasteiger partial charge on any atom is 4.00 e. The Bertz CT molecular complexity index is 534. The van der Waals surface area contributed by atoms with Gasteiger partial charge in [-0.3, -0.25) is 0 Å². The average Bonchev–Trinajstić information content (AvgIpc) is 2.97. The predicted octanol–water partition coefficient (Wildman–Crippen LogP) is 6.89. The van der Waals surface area contributed by atoms with Gasteiger partial charge in [0.1, 0.15) is 33.0 Å². The van der Waals surface area contributed by atoms with E-state index in [9.17, 15) is 37.8 Å². The third kappa shape index (κ3) is 76.6. The van der Waals surface area contributed by atoms with E-state index in [0.717, 1.165) is 51.4 Å². The summed E-state index contributed by atoms with van der Waals surface area (Å²) in [5.74, 6) is 0. The Balaban J connectivity index is -0.000000157. The predicted molar refractivity (Wildman–Crippen MR) is 175 cm³/mol. The first-order chi connectivity index (χ1) is 21.1. The molecule has 0 heterocycles. The van der Waals surface area contributed by atoms with Crippen molar-refractivity contribution >= 4 is 33.0 Å². The molecule has 0 aliphatic carbocycles. The first-order valence-electron chi connectivity index (χ1n) is 16.4. The summed E-state index contributed by atoms with van der Waals surface area (Å²) in [4.78, 5) is 39.8. The molecule has 0 aliphatic rings. The van der Waals surface area contributed by atoms with Crippen molar-refractivity contribution in [3.05, 3.63) is 0 Å². The zero-order chi connectivity index (χ0) is 34.1. The molecule has 0 aromatic carbocycles. The van der Waals surface area contributed by atoms with Crippen LogP contribution < -0.4 is 19.6 Å². The molecule has 0 rings (SSSR count). The van der Waals surface area contributed by atoms with Crippen LogP contribution in [0.4, 0.5) is 0 Å². The molecule has 17 heteroatoms. The van der Waals surface area contributed by atoms with Gasteiger partial charge in [-0.25, -0.2) is 0 Å². The minimum Gasteiger partial charge on any atom is -0.781 e. The Morgan fingerprint density at radius 1 is 0.333 bits per heavy atom. The van der Waals surface area contributed by atoms with E-state index in [2.05, 4.69) is 45.8 Å². The van der Waals surface area contributed by atoms with E-state index in [-0.39, 0.29) is 21.1 Å². The fraction of sp³-hybridized carbons (Fsp3) is 1.00. The van der Waals surface area contributed by atoms with E-state index < -0.39 is 33.0 Å². The van der Waals surface area contributed by atoms with Crippen LogP contribution in [0.1, 0.15) is 156 Å². The van der Waals surface area contributed by atoms with Gasteiger partial charge in [0, 0.05) is 0 Å². The molecule has 0 fully saturated rings. The summed E-state index contributed by atoms with van der Waals surface area (Å²) in [5, 5.41) is 0. The standard InChI is InChI=1S/4C7H17O3P.Mo/c4*1-2-3-4-5-6-7-10-11(8)9;/h4*11H,2-7H2,1H3,(H,8,9);/q;;;;+4/p-4. The average molecular weight is 813 g/mol. The van der Waals surface area contributed by atoms with Crippen LogP contribution in [0, 0.1) is 0 Å². The smallest absolute Gasteiger partial charge is 0.781 e. The molecule has 0 saturated heterocycles. The molecular weight excluding hydrogens is 748 g/mol. The fourth-order valence-corrected chi connectivity index (χ4v) is 4.69. The second kappa shape index (κ2) is 52.1. The first kappa shape index (κ1) is 55.7.